The Hall–Kier alpha value is -0.260. The van der Waals surface area contributed by atoms with Gasteiger partial charge in [-0.05, 0) is 37.0 Å². The lowest BCUT2D eigenvalue weighted by molar-refractivity contribution is 0.403. The third-order valence-corrected chi connectivity index (χ3v) is 2.48. The Bertz CT molecular complexity index is 133. The number of hydrogen-bond donors (Lipinski definition) is 0. The molecule has 0 spiro atoms. The second-order valence-corrected chi connectivity index (χ2v) is 4.33. The van der Waals surface area contributed by atoms with Crippen molar-refractivity contribution in [2.24, 2.45) is 17.8 Å². The molecule has 0 saturated heterocycles. The van der Waals surface area contributed by atoms with Crippen LogP contribution in [0.4, 0.5) is 0 Å². The Morgan fingerprint density at radius 2 is 2.00 bits per heavy atom. The molecule has 0 nitrogen and oxygen atoms in total. The monoisotopic (exact) mass is 152 g/mol. The highest BCUT2D eigenvalue weighted by atomic mass is 14.2. The van der Waals surface area contributed by atoms with Gasteiger partial charge in [0.25, 0.3) is 0 Å². The minimum atomic E-state index is 0.832. The quantitative estimate of drug-likeness (QED) is 0.530. The second-order valence-electron chi connectivity index (χ2n) is 4.33. The van der Waals surface area contributed by atoms with Crippen molar-refractivity contribution < 1.29 is 0 Å². The molecular formula is C11H20. The largest absolute Gasteiger partial charge is 0.0854 e. The zero-order chi connectivity index (χ0) is 8.27. The van der Waals surface area contributed by atoms with Crippen LogP contribution >= 0.6 is 0 Å². The van der Waals surface area contributed by atoms with Crippen LogP contribution in [0.3, 0.4) is 0 Å². The van der Waals surface area contributed by atoms with Crippen LogP contribution in [0.15, 0.2) is 12.2 Å². The Kier molecular flexibility index (Phi) is 3.16. The molecule has 0 saturated carbocycles. The molecule has 0 aromatic heterocycles. The van der Waals surface area contributed by atoms with Crippen molar-refractivity contribution in [3.8, 4) is 0 Å². The van der Waals surface area contributed by atoms with Crippen molar-refractivity contribution in [2.45, 2.75) is 40.0 Å². The Balaban J connectivity index is 2.32. The van der Waals surface area contributed by atoms with Crippen LogP contribution in [0, 0.1) is 17.8 Å². The van der Waals surface area contributed by atoms with E-state index in [1.807, 2.05) is 0 Å². The van der Waals surface area contributed by atoms with Crippen molar-refractivity contribution in [1.82, 2.24) is 0 Å². The van der Waals surface area contributed by atoms with Gasteiger partial charge in [0.05, 0.1) is 0 Å². The van der Waals surface area contributed by atoms with Crippen LogP contribution in [-0.2, 0) is 0 Å². The maximum atomic E-state index is 2.42. The summed E-state index contributed by atoms with van der Waals surface area (Å²) in [6.07, 6.45) is 9.00. The van der Waals surface area contributed by atoms with Crippen LogP contribution < -0.4 is 0 Å². The zero-order valence-electron chi connectivity index (χ0n) is 8.01. The van der Waals surface area contributed by atoms with Gasteiger partial charge in [-0.1, -0.05) is 32.9 Å². The average Bonchev–Trinajstić information content (AvgIpc) is 1.93. The standard InChI is InChI=1S/C11H20/c1-9(2)8-11-6-4-10(3)5-7-11/h4,6,9-11H,5,7-8H2,1-3H3. The van der Waals surface area contributed by atoms with Gasteiger partial charge in [-0.15, -0.1) is 0 Å². The minimum absolute atomic E-state index is 0.832. The third-order valence-electron chi connectivity index (χ3n) is 2.48. The summed E-state index contributed by atoms with van der Waals surface area (Å²) in [5.74, 6) is 2.57. The van der Waals surface area contributed by atoms with E-state index in [1.165, 1.54) is 19.3 Å². The fourth-order valence-corrected chi connectivity index (χ4v) is 1.82. The molecule has 64 valence electrons. The highest BCUT2D eigenvalue weighted by Crippen LogP contribution is 2.26. The van der Waals surface area contributed by atoms with E-state index < -0.39 is 0 Å². The van der Waals surface area contributed by atoms with Crippen LogP contribution in [-0.4, -0.2) is 0 Å². The van der Waals surface area contributed by atoms with Gasteiger partial charge in [0.1, 0.15) is 0 Å². The molecule has 1 rings (SSSR count). The number of rotatable bonds is 2. The Labute approximate surface area is 70.7 Å². The molecule has 0 fully saturated rings. The first-order valence-corrected chi connectivity index (χ1v) is 4.87. The van der Waals surface area contributed by atoms with Gasteiger partial charge in [-0.25, -0.2) is 0 Å². The fourth-order valence-electron chi connectivity index (χ4n) is 1.82. The average molecular weight is 152 g/mol. The van der Waals surface area contributed by atoms with E-state index in [1.54, 1.807) is 0 Å². The van der Waals surface area contributed by atoms with Gasteiger partial charge in [-0.2, -0.15) is 0 Å². The molecule has 1 aliphatic rings. The highest BCUT2D eigenvalue weighted by molar-refractivity contribution is 4.96. The van der Waals surface area contributed by atoms with Gasteiger partial charge in [-0.3, -0.25) is 0 Å². The van der Waals surface area contributed by atoms with E-state index in [4.69, 9.17) is 0 Å². The van der Waals surface area contributed by atoms with Gasteiger partial charge in [0.15, 0.2) is 0 Å². The van der Waals surface area contributed by atoms with E-state index in [0.29, 0.717) is 0 Å². The lowest BCUT2D eigenvalue weighted by Gasteiger charge is -2.21. The summed E-state index contributed by atoms with van der Waals surface area (Å²) >= 11 is 0. The zero-order valence-corrected chi connectivity index (χ0v) is 8.01. The lowest BCUT2D eigenvalue weighted by Crippen LogP contribution is -2.08. The predicted octanol–water partition coefficient (Wildman–Crippen LogP) is 3.63. The molecule has 0 radical (unpaired) electrons. The molecule has 0 aromatic rings. The van der Waals surface area contributed by atoms with Gasteiger partial charge >= 0.3 is 0 Å². The van der Waals surface area contributed by atoms with Crippen molar-refractivity contribution in [3.05, 3.63) is 12.2 Å². The number of allylic oxidation sites excluding steroid dienone is 2. The summed E-state index contributed by atoms with van der Waals surface area (Å²) in [4.78, 5) is 0. The van der Waals surface area contributed by atoms with Gasteiger partial charge in [0, 0.05) is 0 Å². The molecule has 0 aromatic carbocycles. The molecule has 0 bridgehead atoms. The molecule has 11 heavy (non-hydrogen) atoms. The summed E-state index contributed by atoms with van der Waals surface area (Å²) in [5, 5.41) is 0. The Morgan fingerprint density at radius 1 is 1.27 bits per heavy atom. The van der Waals surface area contributed by atoms with Crippen LogP contribution in [0.25, 0.3) is 0 Å². The van der Waals surface area contributed by atoms with Gasteiger partial charge < -0.3 is 0 Å². The molecule has 2 atom stereocenters. The normalized spacial score (nSPS) is 31.3. The fraction of sp³-hybridized carbons (Fsp3) is 0.818. The van der Waals surface area contributed by atoms with Crippen molar-refractivity contribution >= 4 is 0 Å². The van der Waals surface area contributed by atoms with E-state index >= 15 is 0 Å². The van der Waals surface area contributed by atoms with E-state index in [-0.39, 0.29) is 0 Å². The van der Waals surface area contributed by atoms with Gasteiger partial charge in [0.2, 0.25) is 0 Å². The highest BCUT2D eigenvalue weighted by Gasteiger charge is 2.13. The Morgan fingerprint density at radius 3 is 2.45 bits per heavy atom. The first-order valence-electron chi connectivity index (χ1n) is 4.87. The summed E-state index contributed by atoms with van der Waals surface area (Å²) < 4.78 is 0. The number of hydrogen-bond acceptors (Lipinski definition) is 0. The predicted molar refractivity (Wildman–Crippen MR) is 50.5 cm³/mol. The topological polar surface area (TPSA) is 0 Å². The molecule has 0 N–H and O–H groups in total. The maximum absolute atomic E-state index is 2.42. The van der Waals surface area contributed by atoms with E-state index in [9.17, 15) is 0 Å². The molecule has 0 heterocycles. The SMILES string of the molecule is CC(C)CC1C=CC(C)CC1. The first-order chi connectivity index (χ1) is 5.18. The smallest absolute Gasteiger partial charge is 0.0231 e. The van der Waals surface area contributed by atoms with Crippen molar-refractivity contribution in [2.75, 3.05) is 0 Å². The summed E-state index contributed by atoms with van der Waals surface area (Å²) in [6, 6.07) is 0. The van der Waals surface area contributed by atoms with Crippen LogP contribution in [0.5, 0.6) is 0 Å². The molecule has 0 heteroatoms. The lowest BCUT2D eigenvalue weighted by atomic mass is 9.85. The van der Waals surface area contributed by atoms with E-state index in [0.717, 1.165) is 17.8 Å². The van der Waals surface area contributed by atoms with Crippen molar-refractivity contribution in [1.29, 1.82) is 0 Å². The summed E-state index contributed by atoms with van der Waals surface area (Å²) in [6.45, 7) is 6.93. The molecule has 0 amide bonds. The molecule has 1 aliphatic carbocycles. The second kappa shape index (κ2) is 3.94. The van der Waals surface area contributed by atoms with Crippen molar-refractivity contribution in [3.63, 3.8) is 0 Å². The van der Waals surface area contributed by atoms with E-state index in [2.05, 4.69) is 32.9 Å². The maximum Gasteiger partial charge on any atom is -0.0231 e. The molecule has 2 unspecified atom stereocenters. The van der Waals surface area contributed by atoms with Crippen LogP contribution in [0.1, 0.15) is 40.0 Å². The van der Waals surface area contributed by atoms with Crippen LogP contribution in [0.2, 0.25) is 0 Å². The molecular weight excluding hydrogens is 132 g/mol. The third kappa shape index (κ3) is 3.09. The summed E-state index contributed by atoms with van der Waals surface area (Å²) in [7, 11) is 0. The molecule has 0 aliphatic heterocycles. The first kappa shape index (κ1) is 8.83. The minimum Gasteiger partial charge on any atom is -0.0854 e. The summed E-state index contributed by atoms with van der Waals surface area (Å²) in [5.41, 5.74) is 0.